The number of esters is 1. The molecule has 0 aliphatic carbocycles. The smallest absolute Gasteiger partial charge is 0.343 e. The Hall–Kier alpha value is -4.93. The molecule has 0 aromatic heterocycles. The van der Waals surface area contributed by atoms with Crippen molar-refractivity contribution in [3.05, 3.63) is 88.0 Å². The maximum Gasteiger partial charge on any atom is 0.343 e. The summed E-state index contributed by atoms with van der Waals surface area (Å²) in [7, 11) is 0. The van der Waals surface area contributed by atoms with E-state index in [1.54, 1.807) is 49.4 Å². The Morgan fingerprint density at radius 3 is 2.24 bits per heavy atom. The van der Waals surface area contributed by atoms with E-state index >= 15 is 0 Å². The predicted molar refractivity (Wildman–Crippen MR) is 139 cm³/mol. The lowest BCUT2D eigenvalue weighted by Gasteiger charge is -2.13. The first kappa shape index (κ1) is 27.7. The molecule has 0 bridgehead atoms. The molecule has 0 spiro atoms. The normalized spacial score (nSPS) is 11.4. The maximum atomic E-state index is 12.6. The van der Waals surface area contributed by atoms with Gasteiger partial charge >= 0.3 is 5.97 Å². The highest BCUT2D eigenvalue weighted by Gasteiger charge is 2.16. The second-order valence-electron chi connectivity index (χ2n) is 7.73. The van der Waals surface area contributed by atoms with Crippen molar-refractivity contribution in [1.82, 2.24) is 5.43 Å². The first-order chi connectivity index (χ1) is 18.3. The standard InChI is InChI=1S/C27H27N3O8/c1-4-35-22-11-7-20(8-12-22)27(32)38-24-15-6-19(16-25(24)36-5-2)17-28-29-26(31)18(3)37-23-13-9-21(10-14-23)30(33)34/h6-18H,4-5H2,1-3H3,(H,29,31)/b28-17+. The summed E-state index contributed by atoms with van der Waals surface area (Å²) < 4.78 is 22.0. The minimum atomic E-state index is -0.906. The summed E-state index contributed by atoms with van der Waals surface area (Å²) >= 11 is 0. The van der Waals surface area contributed by atoms with Gasteiger partial charge in [0.1, 0.15) is 11.5 Å². The van der Waals surface area contributed by atoms with E-state index in [2.05, 4.69) is 10.5 Å². The molecule has 3 aromatic carbocycles. The zero-order valence-corrected chi connectivity index (χ0v) is 21.1. The van der Waals surface area contributed by atoms with Crippen LogP contribution < -0.4 is 24.4 Å². The Morgan fingerprint density at radius 1 is 0.947 bits per heavy atom. The molecule has 3 rings (SSSR count). The SMILES string of the molecule is CCOc1ccc(C(=O)Oc2ccc(/C=N/NC(=O)C(C)Oc3ccc([N+](=O)[O-])cc3)cc2OCC)cc1. The summed E-state index contributed by atoms with van der Waals surface area (Å²) in [5, 5.41) is 14.7. The lowest BCUT2D eigenvalue weighted by molar-refractivity contribution is -0.384. The number of hydrogen-bond acceptors (Lipinski definition) is 9. The van der Waals surface area contributed by atoms with Gasteiger partial charge in [0.2, 0.25) is 0 Å². The molecule has 0 fully saturated rings. The van der Waals surface area contributed by atoms with Gasteiger partial charge in [-0.2, -0.15) is 5.10 Å². The maximum absolute atomic E-state index is 12.6. The number of amides is 1. The molecule has 1 amide bonds. The van der Waals surface area contributed by atoms with Crippen LogP contribution in [-0.2, 0) is 4.79 Å². The molecule has 1 N–H and O–H groups in total. The van der Waals surface area contributed by atoms with Crippen molar-refractivity contribution in [2.45, 2.75) is 26.9 Å². The number of nitro benzene ring substituents is 1. The van der Waals surface area contributed by atoms with Crippen LogP contribution >= 0.6 is 0 Å². The Balaban J connectivity index is 1.60. The fourth-order valence-corrected chi connectivity index (χ4v) is 3.14. The summed E-state index contributed by atoms with van der Waals surface area (Å²) in [5.74, 6) is 0.449. The van der Waals surface area contributed by atoms with Gasteiger partial charge < -0.3 is 18.9 Å². The third-order valence-corrected chi connectivity index (χ3v) is 4.99. The molecular formula is C27H27N3O8. The van der Waals surface area contributed by atoms with Crippen LogP contribution in [0.5, 0.6) is 23.0 Å². The van der Waals surface area contributed by atoms with Crippen molar-refractivity contribution in [3.8, 4) is 23.0 Å². The monoisotopic (exact) mass is 521 g/mol. The number of hydrazone groups is 1. The summed E-state index contributed by atoms with van der Waals surface area (Å²) in [4.78, 5) is 35.1. The highest BCUT2D eigenvalue weighted by Crippen LogP contribution is 2.29. The van der Waals surface area contributed by atoms with Crippen molar-refractivity contribution >= 4 is 23.8 Å². The van der Waals surface area contributed by atoms with Crippen molar-refractivity contribution in [2.75, 3.05) is 13.2 Å². The van der Waals surface area contributed by atoms with Crippen LogP contribution in [0.3, 0.4) is 0 Å². The van der Waals surface area contributed by atoms with Crippen LogP contribution in [0.2, 0.25) is 0 Å². The van der Waals surface area contributed by atoms with Crippen LogP contribution in [0.4, 0.5) is 5.69 Å². The third-order valence-electron chi connectivity index (χ3n) is 4.99. The van der Waals surface area contributed by atoms with Crippen LogP contribution in [0, 0.1) is 10.1 Å². The zero-order chi connectivity index (χ0) is 27.5. The summed E-state index contributed by atoms with van der Waals surface area (Å²) in [6.45, 7) is 6.05. The molecule has 0 saturated carbocycles. The van der Waals surface area contributed by atoms with Crippen LogP contribution in [0.25, 0.3) is 0 Å². The number of nitrogens with zero attached hydrogens (tertiary/aromatic N) is 2. The number of carbonyl (C=O) groups is 2. The Kier molecular flexibility index (Phi) is 9.75. The summed E-state index contributed by atoms with van der Waals surface area (Å²) in [5.41, 5.74) is 3.23. The van der Waals surface area contributed by atoms with E-state index in [1.165, 1.54) is 37.4 Å². The quantitative estimate of drug-likeness (QED) is 0.121. The number of hydrogen-bond donors (Lipinski definition) is 1. The molecule has 0 heterocycles. The van der Waals surface area contributed by atoms with E-state index in [0.29, 0.717) is 41.6 Å². The average Bonchev–Trinajstić information content (AvgIpc) is 2.91. The number of ether oxygens (including phenoxy) is 4. The molecule has 11 heteroatoms. The lowest BCUT2D eigenvalue weighted by Crippen LogP contribution is -2.33. The van der Waals surface area contributed by atoms with Gasteiger partial charge in [-0.25, -0.2) is 10.2 Å². The average molecular weight is 522 g/mol. The van der Waals surface area contributed by atoms with Gasteiger partial charge in [0.15, 0.2) is 17.6 Å². The topological polar surface area (TPSA) is 139 Å². The lowest BCUT2D eigenvalue weighted by atomic mass is 10.2. The molecule has 0 radical (unpaired) electrons. The van der Waals surface area contributed by atoms with Crippen molar-refractivity contribution < 1.29 is 33.5 Å². The molecule has 0 saturated heterocycles. The van der Waals surface area contributed by atoms with Gasteiger partial charge in [0.25, 0.3) is 11.6 Å². The molecule has 198 valence electrons. The highest BCUT2D eigenvalue weighted by molar-refractivity contribution is 5.92. The zero-order valence-electron chi connectivity index (χ0n) is 21.1. The fourth-order valence-electron chi connectivity index (χ4n) is 3.14. The molecule has 3 aromatic rings. The van der Waals surface area contributed by atoms with Gasteiger partial charge in [-0.1, -0.05) is 0 Å². The predicted octanol–water partition coefficient (Wildman–Crippen LogP) is 4.53. The molecular weight excluding hydrogens is 494 g/mol. The number of nitro groups is 1. The molecule has 0 aliphatic rings. The second kappa shape index (κ2) is 13.4. The molecule has 1 atom stereocenters. The van der Waals surface area contributed by atoms with Crippen molar-refractivity contribution in [3.63, 3.8) is 0 Å². The van der Waals surface area contributed by atoms with Crippen LogP contribution in [0.1, 0.15) is 36.7 Å². The minimum absolute atomic E-state index is 0.0811. The largest absolute Gasteiger partial charge is 0.494 e. The highest BCUT2D eigenvalue weighted by atomic mass is 16.6. The van der Waals surface area contributed by atoms with Gasteiger partial charge in [-0.15, -0.1) is 0 Å². The van der Waals surface area contributed by atoms with E-state index in [9.17, 15) is 19.7 Å². The van der Waals surface area contributed by atoms with Crippen LogP contribution in [0.15, 0.2) is 71.8 Å². The first-order valence-corrected chi connectivity index (χ1v) is 11.8. The van der Waals surface area contributed by atoms with Gasteiger partial charge in [-0.05, 0) is 80.9 Å². The Morgan fingerprint density at radius 2 is 1.61 bits per heavy atom. The summed E-state index contributed by atoms with van der Waals surface area (Å²) in [6.07, 6.45) is 0.494. The van der Waals surface area contributed by atoms with Gasteiger partial charge in [-0.3, -0.25) is 14.9 Å². The molecule has 38 heavy (non-hydrogen) atoms. The number of nitrogens with one attached hydrogen (secondary N) is 1. The van der Waals surface area contributed by atoms with E-state index in [4.69, 9.17) is 18.9 Å². The molecule has 11 nitrogen and oxygen atoms in total. The number of carbonyl (C=O) groups excluding carboxylic acids is 2. The Bertz CT molecular complexity index is 1290. The van der Waals surface area contributed by atoms with E-state index in [0.717, 1.165) is 0 Å². The van der Waals surface area contributed by atoms with E-state index in [-0.39, 0.29) is 11.4 Å². The molecule has 1 unspecified atom stereocenters. The number of non-ortho nitro benzene ring substituents is 1. The molecule has 0 aliphatic heterocycles. The van der Waals surface area contributed by atoms with Gasteiger partial charge in [0.05, 0.1) is 29.9 Å². The first-order valence-electron chi connectivity index (χ1n) is 11.8. The third kappa shape index (κ3) is 7.79. The summed E-state index contributed by atoms with van der Waals surface area (Å²) in [6, 6.07) is 16.8. The second-order valence-corrected chi connectivity index (χ2v) is 7.73. The number of rotatable bonds is 12. The van der Waals surface area contributed by atoms with Crippen LogP contribution in [-0.4, -0.2) is 42.3 Å². The van der Waals surface area contributed by atoms with E-state index < -0.39 is 22.9 Å². The number of benzene rings is 3. The minimum Gasteiger partial charge on any atom is -0.494 e. The van der Waals surface area contributed by atoms with Crippen molar-refractivity contribution in [2.24, 2.45) is 5.10 Å². The fraction of sp³-hybridized carbons (Fsp3) is 0.222. The van der Waals surface area contributed by atoms with E-state index in [1.807, 2.05) is 6.92 Å². The van der Waals surface area contributed by atoms with Crippen molar-refractivity contribution in [1.29, 1.82) is 0 Å². The van der Waals surface area contributed by atoms with Gasteiger partial charge in [0, 0.05) is 12.1 Å². The Labute approximate surface area is 219 Å².